The van der Waals surface area contributed by atoms with Gasteiger partial charge in [0.1, 0.15) is 6.61 Å². The summed E-state index contributed by atoms with van der Waals surface area (Å²) in [4.78, 5) is 39.5. The van der Waals surface area contributed by atoms with E-state index in [0.717, 1.165) is 24.0 Å². The summed E-state index contributed by atoms with van der Waals surface area (Å²) >= 11 is 0. The van der Waals surface area contributed by atoms with Crippen molar-refractivity contribution in [2.24, 2.45) is 11.8 Å². The van der Waals surface area contributed by atoms with Gasteiger partial charge in [0.15, 0.2) is 0 Å². The Morgan fingerprint density at radius 2 is 1.44 bits per heavy atom. The van der Waals surface area contributed by atoms with E-state index in [9.17, 15) is 19.5 Å². The summed E-state index contributed by atoms with van der Waals surface area (Å²) in [6.07, 6.45) is 8.46. The van der Waals surface area contributed by atoms with Crippen molar-refractivity contribution >= 4 is 17.8 Å². The molecule has 0 radical (unpaired) electrons. The Morgan fingerprint density at radius 1 is 0.878 bits per heavy atom. The first-order chi connectivity index (χ1) is 19.9. The first kappa shape index (κ1) is 31.8. The van der Waals surface area contributed by atoms with Crippen LogP contribution in [0.25, 0.3) is 0 Å². The fraction of sp³-hybridized carbons (Fsp3) is 0.441. The van der Waals surface area contributed by atoms with Gasteiger partial charge in [0, 0.05) is 6.42 Å². The summed E-state index contributed by atoms with van der Waals surface area (Å²) in [6.45, 7) is 7.46. The number of benzene rings is 2. The molecule has 41 heavy (non-hydrogen) atoms. The number of hydrogen-bond acceptors (Lipinski definition) is 5. The van der Waals surface area contributed by atoms with Crippen LogP contribution >= 0.6 is 0 Å². The van der Waals surface area contributed by atoms with E-state index in [1.54, 1.807) is 12.2 Å². The molecule has 0 aromatic heterocycles. The maximum absolute atomic E-state index is 13.5. The SMILES string of the molecule is C=CC[C@H](CC(=O)N[C@@H](CO)Cc1ccccc1)C(=O)NC1(COC(=O)[C@@H](CC=C)Cc2ccccc2)CCCC1. The summed E-state index contributed by atoms with van der Waals surface area (Å²) in [5, 5.41) is 15.8. The number of nitrogens with one attached hydrogen (secondary N) is 2. The van der Waals surface area contributed by atoms with Crippen LogP contribution in [-0.4, -0.2) is 47.7 Å². The molecule has 1 fully saturated rings. The molecule has 7 nitrogen and oxygen atoms in total. The lowest BCUT2D eigenvalue weighted by molar-refractivity contribution is -0.151. The van der Waals surface area contributed by atoms with Gasteiger partial charge in [-0.1, -0.05) is 85.7 Å². The van der Waals surface area contributed by atoms with Crippen LogP contribution in [-0.2, 0) is 32.0 Å². The van der Waals surface area contributed by atoms with Crippen molar-refractivity contribution in [2.75, 3.05) is 13.2 Å². The number of carbonyl (C=O) groups excluding carboxylic acids is 3. The number of aliphatic hydroxyl groups is 1. The van der Waals surface area contributed by atoms with Crippen LogP contribution in [0.2, 0.25) is 0 Å². The Hall–Kier alpha value is -3.71. The molecule has 2 aromatic rings. The van der Waals surface area contributed by atoms with Gasteiger partial charge < -0.3 is 20.5 Å². The zero-order valence-electron chi connectivity index (χ0n) is 23.9. The largest absolute Gasteiger partial charge is 0.463 e. The minimum absolute atomic E-state index is 0.0303. The Balaban J connectivity index is 1.59. The summed E-state index contributed by atoms with van der Waals surface area (Å²) in [5.41, 5.74) is 1.40. The van der Waals surface area contributed by atoms with Gasteiger partial charge in [0.2, 0.25) is 11.8 Å². The normalized spacial score (nSPS) is 16.1. The highest BCUT2D eigenvalue weighted by Crippen LogP contribution is 2.31. The maximum Gasteiger partial charge on any atom is 0.309 e. The molecule has 0 unspecified atom stereocenters. The Morgan fingerprint density at radius 3 is 2.00 bits per heavy atom. The Kier molecular flexibility index (Phi) is 12.8. The van der Waals surface area contributed by atoms with Crippen LogP contribution in [0.5, 0.6) is 0 Å². The molecule has 7 heteroatoms. The summed E-state index contributed by atoms with van der Waals surface area (Å²) < 4.78 is 5.83. The van der Waals surface area contributed by atoms with Gasteiger partial charge in [0.05, 0.1) is 30.0 Å². The van der Waals surface area contributed by atoms with E-state index < -0.39 is 17.5 Å². The Bertz CT molecular complexity index is 1130. The first-order valence-corrected chi connectivity index (χ1v) is 14.6. The highest BCUT2D eigenvalue weighted by atomic mass is 16.5. The molecular weight excluding hydrogens is 516 g/mol. The molecule has 2 aromatic carbocycles. The van der Waals surface area contributed by atoms with Crippen LogP contribution < -0.4 is 10.6 Å². The van der Waals surface area contributed by atoms with Gasteiger partial charge in [-0.3, -0.25) is 14.4 Å². The minimum Gasteiger partial charge on any atom is -0.463 e. The number of carbonyl (C=O) groups is 3. The second kappa shape index (κ2) is 16.5. The van der Waals surface area contributed by atoms with E-state index in [-0.39, 0.29) is 43.3 Å². The van der Waals surface area contributed by atoms with E-state index in [0.29, 0.717) is 38.5 Å². The number of allylic oxidation sites excluding steroid dienone is 2. The molecule has 3 N–H and O–H groups in total. The van der Waals surface area contributed by atoms with Gasteiger partial charge in [-0.15, -0.1) is 13.2 Å². The molecule has 0 heterocycles. The average Bonchev–Trinajstić information content (AvgIpc) is 3.44. The lowest BCUT2D eigenvalue weighted by atomic mass is 9.93. The number of esters is 1. The quantitative estimate of drug-likeness (QED) is 0.192. The number of amides is 2. The molecule has 1 aliphatic rings. The third-order valence-corrected chi connectivity index (χ3v) is 7.71. The van der Waals surface area contributed by atoms with Crippen LogP contribution in [0.1, 0.15) is 56.1 Å². The fourth-order valence-electron chi connectivity index (χ4n) is 5.46. The van der Waals surface area contributed by atoms with Crippen LogP contribution in [0.15, 0.2) is 86.0 Å². The lowest BCUT2D eigenvalue weighted by Crippen LogP contribution is -2.53. The third kappa shape index (κ3) is 10.3. The molecule has 0 bridgehead atoms. The fourth-order valence-corrected chi connectivity index (χ4v) is 5.46. The molecule has 0 spiro atoms. The van der Waals surface area contributed by atoms with Crippen molar-refractivity contribution in [1.82, 2.24) is 10.6 Å². The van der Waals surface area contributed by atoms with Crippen LogP contribution in [0, 0.1) is 11.8 Å². The second-order valence-electron chi connectivity index (χ2n) is 11.1. The van der Waals surface area contributed by atoms with E-state index >= 15 is 0 Å². The highest BCUT2D eigenvalue weighted by Gasteiger charge is 2.39. The summed E-state index contributed by atoms with van der Waals surface area (Å²) in [7, 11) is 0. The van der Waals surface area contributed by atoms with Gasteiger partial charge in [-0.05, 0) is 49.7 Å². The van der Waals surface area contributed by atoms with Crippen molar-refractivity contribution in [2.45, 2.75) is 69.4 Å². The number of ether oxygens (including phenoxy) is 1. The average molecular weight is 561 g/mol. The topological polar surface area (TPSA) is 105 Å². The molecule has 3 atom stereocenters. The zero-order chi connectivity index (χ0) is 29.5. The van der Waals surface area contributed by atoms with E-state index in [2.05, 4.69) is 23.8 Å². The van der Waals surface area contributed by atoms with Crippen LogP contribution in [0.3, 0.4) is 0 Å². The second-order valence-corrected chi connectivity index (χ2v) is 11.1. The molecule has 3 rings (SSSR count). The summed E-state index contributed by atoms with van der Waals surface area (Å²) in [6, 6.07) is 19.0. The molecule has 1 saturated carbocycles. The van der Waals surface area contributed by atoms with Crippen molar-refractivity contribution in [3.05, 3.63) is 97.1 Å². The number of hydrogen-bond donors (Lipinski definition) is 3. The van der Waals surface area contributed by atoms with Gasteiger partial charge in [-0.2, -0.15) is 0 Å². The van der Waals surface area contributed by atoms with Crippen LogP contribution in [0.4, 0.5) is 0 Å². The van der Waals surface area contributed by atoms with Crippen molar-refractivity contribution < 1.29 is 24.2 Å². The minimum atomic E-state index is -0.658. The van der Waals surface area contributed by atoms with E-state index in [4.69, 9.17) is 4.74 Å². The predicted octanol–water partition coefficient (Wildman–Crippen LogP) is 4.70. The van der Waals surface area contributed by atoms with Crippen molar-refractivity contribution in [3.63, 3.8) is 0 Å². The van der Waals surface area contributed by atoms with Gasteiger partial charge in [-0.25, -0.2) is 0 Å². The standard InChI is InChI=1S/C34H44N2O5/c1-3-13-28(23-31(38)35-30(24-37)22-27-17-9-6-10-18-27)32(39)36-34(19-11-12-20-34)25-41-33(40)29(14-4-2)21-26-15-7-5-8-16-26/h3-10,15-18,28-30,37H,1-2,11-14,19-25H2,(H,35,38)(H,36,39)/t28-,29+,30-/m1/s1. The number of rotatable bonds is 17. The first-order valence-electron chi connectivity index (χ1n) is 14.6. The summed E-state index contributed by atoms with van der Waals surface area (Å²) in [5.74, 6) is -1.83. The molecular formula is C34H44N2O5. The maximum atomic E-state index is 13.5. The monoisotopic (exact) mass is 560 g/mol. The predicted molar refractivity (Wildman–Crippen MR) is 161 cm³/mol. The smallest absolute Gasteiger partial charge is 0.309 e. The van der Waals surface area contributed by atoms with E-state index in [1.807, 2.05) is 60.7 Å². The zero-order valence-corrected chi connectivity index (χ0v) is 23.9. The van der Waals surface area contributed by atoms with E-state index in [1.165, 1.54) is 0 Å². The van der Waals surface area contributed by atoms with Gasteiger partial charge in [0.25, 0.3) is 0 Å². The highest BCUT2D eigenvalue weighted by molar-refractivity contribution is 5.86. The molecule has 2 amide bonds. The molecule has 220 valence electrons. The van der Waals surface area contributed by atoms with Gasteiger partial charge >= 0.3 is 5.97 Å². The van der Waals surface area contributed by atoms with Crippen molar-refractivity contribution in [1.29, 1.82) is 0 Å². The van der Waals surface area contributed by atoms with Crippen molar-refractivity contribution in [3.8, 4) is 0 Å². The third-order valence-electron chi connectivity index (χ3n) is 7.71. The Labute approximate surface area is 244 Å². The number of aliphatic hydroxyl groups excluding tert-OH is 1. The molecule has 0 aliphatic heterocycles. The molecule has 1 aliphatic carbocycles. The molecule has 0 saturated heterocycles. The lowest BCUT2D eigenvalue weighted by Gasteiger charge is -2.32.